The maximum absolute atomic E-state index is 13.0. The highest BCUT2D eigenvalue weighted by Gasteiger charge is 2.29. The number of furan rings is 1. The Morgan fingerprint density at radius 1 is 1.32 bits per heavy atom. The average Bonchev–Trinajstić information content (AvgIpc) is 3.49. The number of likely N-dealkylation sites (tertiary alicyclic amines) is 1. The smallest absolute Gasteiger partial charge is 0.256 e. The van der Waals surface area contributed by atoms with E-state index in [1.807, 2.05) is 6.92 Å². The van der Waals surface area contributed by atoms with E-state index >= 15 is 0 Å². The number of fused-ring (bicyclic) bond motifs is 1. The number of carbonyl (C=O) groups is 2. The number of thiazole rings is 1. The molecule has 4 rings (SSSR count). The molecule has 3 aromatic rings. The van der Waals surface area contributed by atoms with Crippen LogP contribution in [0.3, 0.4) is 0 Å². The zero-order valence-corrected chi connectivity index (χ0v) is 18.3. The number of amides is 2. The molecular weight excluding hydrogens is 418 g/mol. The van der Waals surface area contributed by atoms with Crippen LogP contribution in [-0.2, 0) is 11.4 Å². The quantitative estimate of drug-likeness (QED) is 0.582. The third-order valence-corrected chi connectivity index (χ3v) is 6.20. The molecule has 0 saturated carbocycles. The van der Waals surface area contributed by atoms with Gasteiger partial charge in [0.1, 0.15) is 29.7 Å². The van der Waals surface area contributed by atoms with Crippen LogP contribution in [0.4, 0.5) is 0 Å². The largest absolute Gasteiger partial charge is 0.488 e. The van der Waals surface area contributed by atoms with Gasteiger partial charge in [-0.05, 0) is 44.9 Å². The Kier molecular flexibility index (Phi) is 6.24. The number of carbonyl (C=O) groups excluding carboxylic acids is 2. The number of hydrogen-bond acceptors (Lipinski definition) is 7. The minimum atomic E-state index is -0.982. The number of nitrogens with one attached hydrogen (secondary N) is 1. The molecule has 2 amide bonds. The van der Waals surface area contributed by atoms with Crippen LogP contribution >= 0.6 is 11.3 Å². The van der Waals surface area contributed by atoms with Crippen molar-refractivity contribution in [3.63, 3.8) is 0 Å². The summed E-state index contributed by atoms with van der Waals surface area (Å²) >= 11 is 1.57. The van der Waals surface area contributed by atoms with Crippen LogP contribution in [0.15, 0.2) is 28.8 Å². The highest BCUT2D eigenvalue weighted by Crippen LogP contribution is 2.30. The van der Waals surface area contributed by atoms with E-state index in [1.165, 1.54) is 0 Å². The van der Waals surface area contributed by atoms with Crippen LogP contribution in [0.1, 0.15) is 38.8 Å². The lowest BCUT2D eigenvalue weighted by molar-refractivity contribution is -0.133. The van der Waals surface area contributed by atoms with E-state index in [0.29, 0.717) is 47.7 Å². The zero-order valence-electron chi connectivity index (χ0n) is 17.5. The fourth-order valence-corrected chi connectivity index (χ4v) is 4.48. The molecule has 2 N–H and O–H groups in total. The van der Waals surface area contributed by atoms with Gasteiger partial charge in [-0.3, -0.25) is 9.59 Å². The van der Waals surface area contributed by atoms with Crippen LogP contribution in [0.25, 0.3) is 11.0 Å². The van der Waals surface area contributed by atoms with E-state index in [-0.39, 0.29) is 5.91 Å². The first kappa shape index (κ1) is 21.3. The lowest BCUT2D eigenvalue weighted by Crippen LogP contribution is -2.49. The van der Waals surface area contributed by atoms with E-state index in [9.17, 15) is 14.7 Å². The number of aromatic nitrogens is 1. The molecule has 1 atom stereocenters. The van der Waals surface area contributed by atoms with Gasteiger partial charge in [-0.15, -0.1) is 11.3 Å². The first-order valence-corrected chi connectivity index (χ1v) is 11.1. The van der Waals surface area contributed by atoms with Gasteiger partial charge in [-0.25, -0.2) is 4.98 Å². The van der Waals surface area contributed by atoms with Crippen molar-refractivity contribution >= 4 is 34.1 Å². The molecular formula is C22H25N3O5S. The van der Waals surface area contributed by atoms with Gasteiger partial charge < -0.3 is 24.5 Å². The van der Waals surface area contributed by atoms with Gasteiger partial charge >= 0.3 is 0 Å². The van der Waals surface area contributed by atoms with Crippen molar-refractivity contribution in [2.45, 2.75) is 39.3 Å². The second-order valence-corrected chi connectivity index (χ2v) is 8.89. The molecule has 9 heteroatoms. The summed E-state index contributed by atoms with van der Waals surface area (Å²) in [5.41, 5.74) is 0.886. The monoisotopic (exact) mass is 443 g/mol. The van der Waals surface area contributed by atoms with Gasteiger partial charge in [-0.2, -0.15) is 0 Å². The molecule has 164 valence electrons. The average molecular weight is 444 g/mol. The van der Waals surface area contributed by atoms with E-state index in [4.69, 9.17) is 9.15 Å². The third-order valence-electron chi connectivity index (χ3n) is 5.32. The number of hydrogen-bond donors (Lipinski definition) is 2. The predicted molar refractivity (Wildman–Crippen MR) is 116 cm³/mol. The normalized spacial score (nSPS) is 14.7. The molecule has 0 radical (unpaired) electrons. The molecule has 1 aliphatic heterocycles. The number of benzene rings is 1. The molecule has 1 fully saturated rings. The molecule has 2 aromatic heterocycles. The fourth-order valence-electron chi connectivity index (χ4n) is 3.77. The van der Waals surface area contributed by atoms with Crippen molar-refractivity contribution in [1.29, 1.82) is 0 Å². The first-order chi connectivity index (χ1) is 15.0. The van der Waals surface area contributed by atoms with E-state index < -0.39 is 18.6 Å². The summed E-state index contributed by atoms with van der Waals surface area (Å²) in [7, 11) is 0. The van der Waals surface area contributed by atoms with E-state index in [0.717, 1.165) is 22.7 Å². The van der Waals surface area contributed by atoms with Gasteiger partial charge in [0.15, 0.2) is 0 Å². The molecule has 3 heterocycles. The first-order valence-electron chi connectivity index (χ1n) is 10.2. The van der Waals surface area contributed by atoms with Crippen molar-refractivity contribution in [3.05, 3.63) is 45.6 Å². The molecule has 31 heavy (non-hydrogen) atoms. The SMILES string of the molecule is Cc1ncc(COc2ccc3oc(C)c(C(=O)NC(CO)C(=O)N4CCCC4)c3c2)s1. The number of nitrogens with zero attached hydrogens (tertiary/aromatic N) is 2. The van der Waals surface area contributed by atoms with E-state index in [2.05, 4.69) is 10.3 Å². The van der Waals surface area contributed by atoms with E-state index in [1.54, 1.807) is 47.6 Å². The minimum Gasteiger partial charge on any atom is -0.488 e. The van der Waals surface area contributed by atoms with Crippen LogP contribution in [0.5, 0.6) is 5.75 Å². The number of aliphatic hydroxyl groups excluding tert-OH is 1. The summed E-state index contributed by atoms with van der Waals surface area (Å²) in [6.45, 7) is 4.86. The molecule has 0 aliphatic carbocycles. The zero-order chi connectivity index (χ0) is 22.0. The van der Waals surface area contributed by atoms with Crippen molar-refractivity contribution in [3.8, 4) is 5.75 Å². The van der Waals surface area contributed by atoms with Crippen LogP contribution in [0.2, 0.25) is 0 Å². The van der Waals surface area contributed by atoms with Gasteiger partial charge in [0.2, 0.25) is 5.91 Å². The Morgan fingerprint density at radius 2 is 2.10 bits per heavy atom. The van der Waals surface area contributed by atoms with Gasteiger partial charge in [0.05, 0.1) is 22.1 Å². The van der Waals surface area contributed by atoms with Crippen LogP contribution in [0, 0.1) is 13.8 Å². The minimum absolute atomic E-state index is 0.261. The van der Waals surface area contributed by atoms with Crippen LogP contribution in [-0.4, -0.2) is 52.5 Å². The third kappa shape index (κ3) is 4.57. The highest BCUT2D eigenvalue weighted by molar-refractivity contribution is 7.11. The Labute approximate surface area is 183 Å². The van der Waals surface area contributed by atoms with Crippen molar-refractivity contribution in [1.82, 2.24) is 15.2 Å². The molecule has 0 bridgehead atoms. The molecule has 8 nitrogen and oxygen atoms in total. The number of aryl methyl sites for hydroxylation is 2. The summed E-state index contributed by atoms with van der Waals surface area (Å²) in [5, 5.41) is 13.9. The Morgan fingerprint density at radius 3 is 2.77 bits per heavy atom. The highest BCUT2D eigenvalue weighted by atomic mass is 32.1. The summed E-state index contributed by atoms with van der Waals surface area (Å²) in [6, 6.07) is 4.31. The summed E-state index contributed by atoms with van der Waals surface area (Å²) < 4.78 is 11.6. The lowest BCUT2D eigenvalue weighted by atomic mass is 10.1. The fraction of sp³-hybridized carbons (Fsp3) is 0.409. The topological polar surface area (TPSA) is 105 Å². The van der Waals surface area contributed by atoms with Gasteiger partial charge in [0.25, 0.3) is 5.91 Å². The summed E-state index contributed by atoms with van der Waals surface area (Å²) in [6.07, 6.45) is 3.66. The number of aliphatic hydroxyl groups is 1. The lowest BCUT2D eigenvalue weighted by Gasteiger charge is -2.22. The maximum Gasteiger partial charge on any atom is 0.256 e. The predicted octanol–water partition coefficient (Wildman–Crippen LogP) is 2.80. The molecule has 1 aromatic carbocycles. The van der Waals surface area contributed by atoms with Crippen molar-refractivity contribution in [2.24, 2.45) is 0 Å². The standard InChI is InChI=1S/C22H25N3O5S/c1-13-20(21(27)24-18(11-26)22(28)25-7-3-4-8-25)17-9-15(5-6-19(17)30-13)29-12-16-10-23-14(2)31-16/h5-6,9-10,18,26H,3-4,7-8,11-12H2,1-2H3,(H,24,27). The Hall–Kier alpha value is -2.91. The Balaban J connectivity index is 1.53. The molecule has 1 saturated heterocycles. The van der Waals surface area contributed by atoms with Gasteiger partial charge in [-0.1, -0.05) is 0 Å². The molecule has 0 spiro atoms. The molecule has 1 aliphatic rings. The summed E-state index contributed by atoms with van der Waals surface area (Å²) in [5.74, 6) is 0.314. The molecule has 1 unspecified atom stereocenters. The van der Waals surface area contributed by atoms with Crippen molar-refractivity contribution < 1.29 is 23.8 Å². The number of ether oxygens (including phenoxy) is 1. The maximum atomic E-state index is 13.0. The summed E-state index contributed by atoms with van der Waals surface area (Å²) in [4.78, 5) is 32.5. The Bertz CT molecular complexity index is 1100. The number of rotatable bonds is 7. The van der Waals surface area contributed by atoms with Crippen molar-refractivity contribution in [2.75, 3.05) is 19.7 Å². The second-order valence-electron chi connectivity index (χ2n) is 7.57. The van der Waals surface area contributed by atoms with Crippen LogP contribution < -0.4 is 10.1 Å². The van der Waals surface area contributed by atoms with Gasteiger partial charge in [0, 0.05) is 24.7 Å². The second kappa shape index (κ2) is 9.07.